The highest BCUT2D eigenvalue weighted by Gasteiger charge is 2.18. The molecule has 2 heterocycles. The number of piperidine rings is 1. The van der Waals surface area contributed by atoms with E-state index >= 15 is 0 Å². The van der Waals surface area contributed by atoms with Gasteiger partial charge in [0.15, 0.2) is 0 Å². The molecule has 0 spiro atoms. The average Bonchev–Trinajstić information content (AvgIpc) is 2.96. The van der Waals surface area contributed by atoms with Crippen molar-refractivity contribution in [1.82, 2.24) is 15.6 Å². The number of thiazole rings is 1. The molecule has 1 aromatic heterocycles. The first-order chi connectivity index (χ1) is 10.7. The molecule has 4 nitrogen and oxygen atoms in total. The number of carbonyl (C=O) groups is 1. The van der Waals surface area contributed by atoms with E-state index in [1.54, 1.807) is 0 Å². The molecule has 3 rings (SSSR count). The van der Waals surface area contributed by atoms with Crippen molar-refractivity contribution in [2.45, 2.75) is 19.8 Å². The number of amides is 1. The largest absolute Gasteiger partial charge is 0.351 e. The first-order valence-corrected chi connectivity index (χ1v) is 8.57. The first kappa shape index (κ1) is 20.9. The van der Waals surface area contributed by atoms with Crippen LogP contribution in [-0.4, -0.2) is 30.5 Å². The fourth-order valence-corrected chi connectivity index (χ4v) is 3.71. The third-order valence-corrected chi connectivity index (χ3v) is 5.18. The lowest BCUT2D eigenvalue weighted by Gasteiger charge is -2.22. The second-order valence-electron chi connectivity index (χ2n) is 5.72. The second kappa shape index (κ2) is 9.99. The number of rotatable bonds is 4. The maximum Gasteiger partial charge on any atom is 0.263 e. The standard InChI is InChI=1S/C17H21N3OS.2ClH/c1-12-15(16(21)19-11-13-6-5-9-18-10-13)22-17(20-12)14-7-3-2-4-8-14;;/h2-4,7-8,13,18H,5-6,9-11H2,1H3,(H,19,21);2*1H. The van der Waals surface area contributed by atoms with Crippen LogP contribution in [0.15, 0.2) is 30.3 Å². The summed E-state index contributed by atoms with van der Waals surface area (Å²) >= 11 is 1.47. The van der Waals surface area contributed by atoms with Gasteiger partial charge >= 0.3 is 0 Å². The molecule has 1 atom stereocenters. The molecular weight excluding hydrogens is 365 g/mol. The summed E-state index contributed by atoms with van der Waals surface area (Å²) in [5.41, 5.74) is 1.87. The molecule has 1 aromatic carbocycles. The van der Waals surface area contributed by atoms with E-state index in [2.05, 4.69) is 15.6 Å². The minimum atomic E-state index is 0. The van der Waals surface area contributed by atoms with Crippen molar-refractivity contribution in [1.29, 1.82) is 0 Å². The minimum Gasteiger partial charge on any atom is -0.351 e. The van der Waals surface area contributed by atoms with Gasteiger partial charge in [0.2, 0.25) is 0 Å². The van der Waals surface area contributed by atoms with E-state index in [-0.39, 0.29) is 30.7 Å². The van der Waals surface area contributed by atoms with Gasteiger partial charge in [-0.05, 0) is 38.8 Å². The molecule has 2 N–H and O–H groups in total. The molecule has 1 aliphatic heterocycles. The van der Waals surface area contributed by atoms with E-state index in [0.717, 1.165) is 40.8 Å². The summed E-state index contributed by atoms with van der Waals surface area (Å²) in [6.07, 6.45) is 2.38. The van der Waals surface area contributed by atoms with E-state index < -0.39 is 0 Å². The summed E-state index contributed by atoms with van der Waals surface area (Å²) in [4.78, 5) is 17.7. The van der Waals surface area contributed by atoms with Gasteiger partial charge in [0.05, 0.1) is 5.69 Å². The Morgan fingerprint density at radius 2 is 2.08 bits per heavy atom. The zero-order valence-electron chi connectivity index (χ0n) is 13.6. The van der Waals surface area contributed by atoms with Gasteiger partial charge in [-0.15, -0.1) is 36.2 Å². The van der Waals surface area contributed by atoms with Crippen LogP contribution in [0.4, 0.5) is 0 Å². The van der Waals surface area contributed by atoms with Gasteiger partial charge in [-0.25, -0.2) is 4.98 Å². The lowest BCUT2D eigenvalue weighted by Crippen LogP contribution is -2.38. The number of nitrogens with zero attached hydrogens (tertiary/aromatic N) is 1. The Bertz CT molecular complexity index is 643. The number of hydrogen-bond donors (Lipinski definition) is 2. The van der Waals surface area contributed by atoms with Crippen LogP contribution in [-0.2, 0) is 0 Å². The molecule has 1 fully saturated rings. The van der Waals surface area contributed by atoms with Crippen molar-refractivity contribution in [3.05, 3.63) is 40.9 Å². The Labute approximate surface area is 159 Å². The highest BCUT2D eigenvalue weighted by molar-refractivity contribution is 7.17. The van der Waals surface area contributed by atoms with Crippen LogP contribution in [0.3, 0.4) is 0 Å². The Balaban J connectivity index is 0.00000144. The summed E-state index contributed by atoms with van der Waals surface area (Å²) in [5, 5.41) is 7.35. The number of carbonyl (C=O) groups excluding carboxylic acids is 1. The number of nitrogens with one attached hydrogen (secondary N) is 2. The Morgan fingerprint density at radius 1 is 1.33 bits per heavy atom. The maximum atomic E-state index is 12.4. The van der Waals surface area contributed by atoms with E-state index in [4.69, 9.17) is 0 Å². The number of aromatic nitrogens is 1. The molecule has 132 valence electrons. The van der Waals surface area contributed by atoms with E-state index in [9.17, 15) is 4.79 Å². The number of halogens is 2. The Morgan fingerprint density at radius 3 is 2.75 bits per heavy atom. The number of aryl methyl sites for hydroxylation is 1. The van der Waals surface area contributed by atoms with Crippen LogP contribution >= 0.6 is 36.2 Å². The highest BCUT2D eigenvalue weighted by Crippen LogP contribution is 2.27. The Hall–Kier alpha value is -1.14. The summed E-state index contributed by atoms with van der Waals surface area (Å²) in [5.74, 6) is 0.544. The van der Waals surface area contributed by atoms with Crippen molar-refractivity contribution in [2.24, 2.45) is 5.92 Å². The topological polar surface area (TPSA) is 54.0 Å². The first-order valence-electron chi connectivity index (χ1n) is 7.76. The van der Waals surface area contributed by atoms with Gasteiger partial charge in [0, 0.05) is 12.1 Å². The summed E-state index contributed by atoms with van der Waals surface area (Å²) < 4.78 is 0. The van der Waals surface area contributed by atoms with Gasteiger partial charge < -0.3 is 10.6 Å². The fraction of sp³-hybridized carbons (Fsp3) is 0.412. The second-order valence-corrected chi connectivity index (χ2v) is 6.72. The molecule has 7 heteroatoms. The van der Waals surface area contributed by atoms with Gasteiger partial charge in [0.25, 0.3) is 5.91 Å². The molecule has 2 aromatic rings. The SMILES string of the molecule is Cc1nc(-c2ccccc2)sc1C(=O)NCC1CCCNC1.Cl.Cl. The third-order valence-electron chi connectivity index (χ3n) is 3.97. The molecule has 1 unspecified atom stereocenters. The van der Waals surface area contributed by atoms with Gasteiger partial charge in [0.1, 0.15) is 9.88 Å². The van der Waals surface area contributed by atoms with E-state index in [0.29, 0.717) is 5.92 Å². The predicted octanol–water partition coefficient (Wildman–Crippen LogP) is 3.69. The van der Waals surface area contributed by atoms with Crippen LogP contribution in [0.25, 0.3) is 10.6 Å². The third kappa shape index (κ3) is 5.18. The zero-order chi connectivity index (χ0) is 15.4. The quantitative estimate of drug-likeness (QED) is 0.840. The molecule has 1 amide bonds. The van der Waals surface area contributed by atoms with Crippen molar-refractivity contribution in [2.75, 3.05) is 19.6 Å². The van der Waals surface area contributed by atoms with Crippen LogP contribution in [0, 0.1) is 12.8 Å². The molecule has 0 saturated carbocycles. The predicted molar refractivity (Wildman–Crippen MR) is 105 cm³/mol. The lowest BCUT2D eigenvalue weighted by molar-refractivity contribution is 0.0948. The van der Waals surface area contributed by atoms with Crippen molar-refractivity contribution < 1.29 is 4.79 Å². The van der Waals surface area contributed by atoms with Crippen LogP contribution in [0.5, 0.6) is 0 Å². The molecular formula is C17H23Cl2N3OS. The summed E-state index contributed by atoms with van der Waals surface area (Å²) in [6.45, 7) is 4.74. The normalized spacial score (nSPS) is 16.6. The summed E-state index contributed by atoms with van der Waals surface area (Å²) in [7, 11) is 0. The van der Waals surface area contributed by atoms with E-state index in [1.165, 1.54) is 24.2 Å². The van der Waals surface area contributed by atoms with Gasteiger partial charge in [-0.3, -0.25) is 4.79 Å². The Kier molecular flexibility index (Phi) is 8.70. The maximum absolute atomic E-state index is 12.4. The van der Waals surface area contributed by atoms with Gasteiger partial charge in [-0.2, -0.15) is 0 Å². The van der Waals surface area contributed by atoms with E-state index in [1.807, 2.05) is 37.3 Å². The average molecular weight is 388 g/mol. The van der Waals surface area contributed by atoms with Gasteiger partial charge in [-0.1, -0.05) is 30.3 Å². The van der Waals surface area contributed by atoms with Crippen molar-refractivity contribution in [3.63, 3.8) is 0 Å². The minimum absolute atomic E-state index is 0. The number of benzene rings is 1. The number of hydrogen-bond acceptors (Lipinski definition) is 4. The molecule has 0 bridgehead atoms. The molecule has 1 aliphatic rings. The zero-order valence-corrected chi connectivity index (χ0v) is 16.0. The highest BCUT2D eigenvalue weighted by atomic mass is 35.5. The molecule has 0 aliphatic carbocycles. The summed E-state index contributed by atoms with van der Waals surface area (Å²) in [6, 6.07) is 10.0. The van der Waals surface area contributed by atoms with Crippen LogP contribution < -0.4 is 10.6 Å². The molecule has 1 saturated heterocycles. The smallest absolute Gasteiger partial charge is 0.263 e. The molecule has 0 radical (unpaired) electrons. The monoisotopic (exact) mass is 387 g/mol. The lowest BCUT2D eigenvalue weighted by atomic mass is 10.00. The van der Waals surface area contributed by atoms with Crippen LogP contribution in [0.1, 0.15) is 28.2 Å². The van der Waals surface area contributed by atoms with Crippen LogP contribution in [0.2, 0.25) is 0 Å². The molecule has 24 heavy (non-hydrogen) atoms. The van der Waals surface area contributed by atoms with Crippen molar-refractivity contribution >= 4 is 42.1 Å². The van der Waals surface area contributed by atoms with Crippen molar-refractivity contribution in [3.8, 4) is 10.6 Å². The fourth-order valence-electron chi connectivity index (χ4n) is 2.73.